The zero-order valence-electron chi connectivity index (χ0n) is 19.1. The van der Waals surface area contributed by atoms with E-state index in [2.05, 4.69) is 33.2 Å². The molecule has 1 aliphatic heterocycles. The van der Waals surface area contributed by atoms with Crippen LogP contribution in [0.15, 0.2) is 54.9 Å². The molecule has 1 saturated heterocycles. The summed E-state index contributed by atoms with van der Waals surface area (Å²) in [7, 11) is 1.71. The van der Waals surface area contributed by atoms with E-state index >= 15 is 0 Å². The highest BCUT2D eigenvalue weighted by atomic mass is 16.5. The Morgan fingerprint density at radius 1 is 1.03 bits per heavy atom. The van der Waals surface area contributed by atoms with Crippen LogP contribution in [0, 0.1) is 0 Å². The number of piperidine rings is 1. The summed E-state index contributed by atoms with van der Waals surface area (Å²) in [6.45, 7) is 3.06. The summed E-state index contributed by atoms with van der Waals surface area (Å²) in [6.07, 6.45) is 9.20. The van der Waals surface area contributed by atoms with E-state index in [9.17, 15) is 4.79 Å². The number of aromatic amines is 2. The molecule has 33 heavy (non-hydrogen) atoms. The first-order chi connectivity index (χ1) is 16.2. The van der Waals surface area contributed by atoms with Crippen molar-refractivity contribution in [2.24, 2.45) is 0 Å². The molecule has 0 saturated carbocycles. The quantitative estimate of drug-likeness (QED) is 0.285. The van der Waals surface area contributed by atoms with Gasteiger partial charge < -0.3 is 24.3 Å². The number of aryl methyl sites for hydroxylation is 1. The van der Waals surface area contributed by atoms with Crippen LogP contribution in [0.5, 0.6) is 5.75 Å². The number of ether oxygens (including phenoxy) is 2. The van der Waals surface area contributed by atoms with E-state index in [1.807, 2.05) is 36.5 Å². The fourth-order valence-electron chi connectivity index (χ4n) is 4.79. The highest BCUT2D eigenvalue weighted by molar-refractivity contribution is 5.94. The van der Waals surface area contributed by atoms with Crippen molar-refractivity contribution < 1.29 is 14.3 Å². The molecular weight excluding hydrogens is 414 g/mol. The van der Waals surface area contributed by atoms with Gasteiger partial charge in [-0.1, -0.05) is 0 Å². The molecule has 0 radical (unpaired) electrons. The number of hydrogen-bond acceptors (Lipinski definition) is 4. The molecule has 4 aromatic rings. The van der Waals surface area contributed by atoms with Gasteiger partial charge in [-0.05, 0) is 86.7 Å². The molecule has 0 atom stereocenters. The van der Waals surface area contributed by atoms with Gasteiger partial charge in [-0.2, -0.15) is 0 Å². The number of carbonyl (C=O) groups excluding carboxylic acids is 1. The third-order valence-electron chi connectivity index (χ3n) is 6.74. The minimum Gasteiger partial charge on any atom is -0.497 e. The molecule has 172 valence electrons. The molecule has 0 amide bonds. The van der Waals surface area contributed by atoms with E-state index in [-0.39, 0.29) is 12.1 Å². The fraction of sp³-hybridized carbons (Fsp3) is 0.370. The van der Waals surface area contributed by atoms with Crippen LogP contribution in [-0.4, -0.2) is 53.7 Å². The zero-order chi connectivity index (χ0) is 22.6. The molecule has 0 bridgehead atoms. The molecule has 0 unspecified atom stereocenters. The van der Waals surface area contributed by atoms with Gasteiger partial charge in [0.15, 0.2) is 0 Å². The Morgan fingerprint density at radius 3 is 2.73 bits per heavy atom. The standard InChI is InChI=1S/C27H31N3O3/c1-32-23-6-8-26-24(17-23)21(18-29-26)4-2-3-13-30-14-10-22(11-15-30)33-27(31)20-5-7-25-19(16-20)9-12-28-25/h5-9,12,16-18,22,28-29H,2-4,10-11,13-15H2,1H3. The molecule has 0 aliphatic carbocycles. The van der Waals surface area contributed by atoms with Crippen molar-refractivity contribution >= 4 is 27.8 Å². The number of nitrogens with one attached hydrogen (secondary N) is 2. The number of hydrogen-bond donors (Lipinski definition) is 2. The summed E-state index contributed by atoms with van der Waals surface area (Å²) in [4.78, 5) is 21.6. The van der Waals surface area contributed by atoms with Gasteiger partial charge in [-0.3, -0.25) is 0 Å². The number of unbranched alkanes of at least 4 members (excludes halogenated alkanes) is 1. The van der Waals surface area contributed by atoms with E-state index < -0.39 is 0 Å². The monoisotopic (exact) mass is 445 g/mol. The number of carbonyl (C=O) groups is 1. The molecule has 1 fully saturated rings. The van der Waals surface area contributed by atoms with Crippen LogP contribution in [0.1, 0.15) is 41.6 Å². The topological polar surface area (TPSA) is 70.3 Å². The maximum atomic E-state index is 12.6. The lowest BCUT2D eigenvalue weighted by molar-refractivity contribution is 0.0112. The SMILES string of the molecule is COc1ccc2[nH]cc(CCCCN3CCC(OC(=O)c4ccc5[nH]ccc5c4)CC3)c2c1. The van der Waals surface area contributed by atoms with Gasteiger partial charge in [0.05, 0.1) is 12.7 Å². The van der Waals surface area contributed by atoms with Gasteiger partial charge in [0.25, 0.3) is 0 Å². The van der Waals surface area contributed by atoms with Crippen LogP contribution < -0.4 is 4.74 Å². The largest absolute Gasteiger partial charge is 0.497 e. The fourth-order valence-corrected chi connectivity index (χ4v) is 4.79. The number of nitrogens with zero attached hydrogens (tertiary/aromatic N) is 1. The average Bonchev–Trinajstić information content (AvgIpc) is 3.48. The van der Waals surface area contributed by atoms with E-state index in [0.717, 1.165) is 73.9 Å². The van der Waals surface area contributed by atoms with Crippen molar-refractivity contribution in [1.29, 1.82) is 0 Å². The number of esters is 1. The second-order valence-corrected chi connectivity index (χ2v) is 8.91. The van der Waals surface area contributed by atoms with Gasteiger partial charge in [0, 0.05) is 47.3 Å². The lowest BCUT2D eigenvalue weighted by atomic mass is 10.0. The first-order valence-electron chi connectivity index (χ1n) is 11.8. The Hall–Kier alpha value is -3.25. The van der Waals surface area contributed by atoms with Crippen molar-refractivity contribution in [2.45, 2.75) is 38.2 Å². The van der Waals surface area contributed by atoms with Crippen LogP contribution in [0.25, 0.3) is 21.8 Å². The van der Waals surface area contributed by atoms with Gasteiger partial charge in [-0.25, -0.2) is 4.79 Å². The molecule has 6 nitrogen and oxygen atoms in total. The number of H-pyrrole nitrogens is 2. The Bertz CT molecular complexity index is 1230. The second kappa shape index (κ2) is 9.71. The third-order valence-corrected chi connectivity index (χ3v) is 6.74. The molecule has 5 rings (SSSR count). The molecule has 2 N–H and O–H groups in total. The van der Waals surface area contributed by atoms with E-state index in [4.69, 9.17) is 9.47 Å². The summed E-state index contributed by atoms with van der Waals surface area (Å²) in [6, 6.07) is 13.8. The summed E-state index contributed by atoms with van der Waals surface area (Å²) >= 11 is 0. The summed E-state index contributed by atoms with van der Waals surface area (Å²) in [5.41, 5.74) is 4.17. The number of fused-ring (bicyclic) bond motifs is 2. The van der Waals surface area contributed by atoms with Crippen LogP contribution >= 0.6 is 0 Å². The first-order valence-corrected chi connectivity index (χ1v) is 11.8. The number of aromatic nitrogens is 2. The highest BCUT2D eigenvalue weighted by Crippen LogP contribution is 2.25. The first kappa shape index (κ1) is 21.6. The number of rotatable bonds is 8. The molecule has 2 aromatic carbocycles. The van der Waals surface area contributed by atoms with Crippen LogP contribution in [0.3, 0.4) is 0 Å². The van der Waals surface area contributed by atoms with Crippen molar-refractivity contribution in [3.8, 4) is 5.75 Å². The van der Waals surface area contributed by atoms with E-state index in [1.54, 1.807) is 7.11 Å². The minimum absolute atomic E-state index is 0.0110. The van der Waals surface area contributed by atoms with Gasteiger partial charge >= 0.3 is 5.97 Å². The minimum atomic E-state index is -0.216. The maximum Gasteiger partial charge on any atom is 0.338 e. The molecule has 1 aliphatic rings. The summed E-state index contributed by atoms with van der Waals surface area (Å²) in [5.74, 6) is 0.684. The molecule has 2 aromatic heterocycles. The average molecular weight is 446 g/mol. The van der Waals surface area contributed by atoms with Crippen molar-refractivity contribution in [1.82, 2.24) is 14.9 Å². The van der Waals surface area contributed by atoms with Crippen molar-refractivity contribution in [3.63, 3.8) is 0 Å². The lowest BCUT2D eigenvalue weighted by Gasteiger charge is -2.31. The smallest absolute Gasteiger partial charge is 0.338 e. The Kier molecular flexibility index (Phi) is 6.35. The van der Waals surface area contributed by atoms with Crippen molar-refractivity contribution in [2.75, 3.05) is 26.7 Å². The molecular formula is C27H31N3O3. The van der Waals surface area contributed by atoms with Crippen LogP contribution in [0.2, 0.25) is 0 Å². The Balaban J connectivity index is 1.04. The van der Waals surface area contributed by atoms with Gasteiger partial charge in [0.2, 0.25) is 0 Å². The summed E-state index contributed by atoms with van der Waals surface area (Å²) < 4.78 is 11.2. The highest BCUT2D eigenvalue weighted by Gasteiger charge is 2.22. The molecule has 0 spiro atoms. The summed E-state index contributed by atoms with van der Waals surface area (Å²) in [5, 5.41) is 2.29. The van der Waals surface area contributed by atoms with Gasteiger partial charge in [0.1, 0.15) is 11.9 Å². The Morgan fingerprint density at radius 2 is 1.88 bits per heavy atom. The number of methoxy groups -OCH3 is 1. The van der Waals surface area contributed by atoms with Gasteiger partial charge in [-0.15, -0.1) is 0 Å². The zero-order valence-corrected chi connectivity index (χ0v) is 19.1. The lowest BCUT2D eigenvalue weighted by Crippen LogP contribution is -2.38. The van der Waals surface area contributed by atoms with Crippen LogP contribution in [-0.2, 0) is 11.2 Å². The maximum absolute atomic E-state index is 12.6. The molecule has 6 heteroatoms. The number of benzene rings is 2. The van der Waals surface area contributed by atoms with Crippen molar-refractivity contribution in [3.05, 3.63) is 66.0 Å². The third kappa shape index (κ3) is 4.91. The normalized spacial score (nSPS) is 15.3. The molecule has 3 heterocycles. The van der Waals surface area contributed by atoms with E-state index in [0.29, 0.717) is 5.56 Å². The Labute approximate surface area is 193 Å². The second-order valence-electron chi connectivity index (χ2n) is 8.91. The van der Waals surface area contributed by atoms with Crippen LogP contribution in [0.4, 0.5) is 0 Å². The predicted molar refractivity (Wildman–Crippen MR) is 131 cm³/mol. The number of likely N-dealkylation sites (tertiary alicyclic amines) is 1. The van der Waals surface area contributed by atoms with E-state index in [1.165, 1.54) is 10.9 Å². The predicted octanol–water partition coefficient (Wildman–Crippen LogP) is 5.30.